The third-order valence-electron chi connectivity index (χ3n) is 3.52. The minimum Gasteiger partial charge on any atom is -0.374 e. The van der Waals surface area contributed by atoms with Crippen LogP contribution < -0.4 is 5.32 Å². The van der Waals surface area contributed by atoms with Gasteiger partial charge in [0.1, 0.15) is 4.21 Å². The first-order valence-electron chi connectivity index (χ1n) is 6.93. The molecule has 0 unspecified atom stereocenters. The van der Waals surface area contributed by atoms with E-state index in [0.29, 0.717) is 13.1 Å². The molecule has 1 fully saturated rings. The van der Waals surface area contributed by atoms with E-state index in [2.05, 4.69) is 5.32 Å². The van der Waals surface area contributed by atoms with Gasteiger partial charge in [0.15, 0.2) is 5.00 Å². The van der Waals surface area contributed by atoms with E-state index in [1.165, 1.54) is 4.31 Å². The number of thiophene rings is 1. The lowest BCUT2D eigenvalue weighted by Crippen LogP contribution is -2.33. The third kappa shape index (κ3) is 3.53. The summed E-state index contributed by atoms with van der Waals surface area (Å²) in [5, 5.41) is 13.9. The lowest BCUT2D eigenvalue weighted by molar-refractivity contribution is -0.383. The van der Waals surface area contributed by atoms with Crippen molar-refractivity contribution in [2.24, 2.45) is 0 Å². The quantitative estimate of drug-likeness (QED) is 0.675. The molecule has 1 aliphatic rings. The Labute approximate surface area is 128 Å². The van der Waals surface area contributed by atoms with E-state index in [1.54, 1.807) is 7.05 Å². The summed E-state index contributed by atoms with van der Waals surface area (Å²) in [5.74, 6) is 0. The number of hydrogen-bond acceptors (Lipinski definition) is 6. The van der Waals surface area contributed by atoms with E-state index in [1.807, 2.05) is 0 Å². The zero-order chi connectivity index (χ0) is 15.5. The van der Waals surface area contributed by atoms with Gasteiger partial charge in [0.05, 0.1) is 4.92 Å². The molecule has 0 aromatic carbocycles. The standard InChI is InChI=1S/C12H19N3O4S2/c1-13-12-10(15(16)17)9-11(20-12)21(18,19)14-7-5-3-2-4-6-8-14/h9,13H,2-8H2,1H3. The number of anilines is 1. The van der Waals surface area contributed by atoms with Crippen LogP contribution in [0.15, 0.2) is 10.3 Å². The van der Waals surface area contributed by atoms with E-state index in [4.69, 9.17) is 0 Å². The molecule has 0 atom stereocenters. The highest BCUT2D eigenvalue weighted by Gasteiger charge is 2.30. The predicted octanol–water partition coefficient (Wildman–Crippen LogP) is 2.65. The van der Waals surface area contributed by atoms with Crippen LogP contribution in [-0.2, 0) is 10.0 Å². The maximum absolute atomic E-state index is 12.6. The zero-order valence-electron chi connectivity index (χ0n) is 11.9. The molecule has 1 saturated heterocycles. The molecular weight excluding hydrogens is 314 g/mol. The molecule has 0 spiro atoms. The average Bonchev–Trinajstić information content (AvgIpc) is 2.82. The second-order valence-electron chi connectivity index (χ2n) is 4.96. The van der Waals surface area contributed by atoms with Crippen LogP contribution in [0.3, 0.4) is 0 Å². The number of nitrogens with one attached hydrogen (secondary N) is 1. The molecule has 9 heteroatoms. The molecule has 0 aliphatic carbocycles. The first-order chi connectivity index (χ1) is 9.96. The molecule has 2 heterocycles. The molecule has 0 bridgehead atoms. The largest absolute Gasteiger partial charge is 0.374 e. The Morgan fingerprint density at radius 2 is 1.81 bits per heavy atom. The van der Waals surface area contributed by atoms with Gasteiger partial charge in [-0.15, -0.1) is 0 Å². The molecule has 0 radical (unpaired) electrons. The molecule has 21 heavy (non-hydrogen) atoms. The van der Waals surface area contributed by atoms with Crippen LogP contribution in [0.4, 0.5) is 10.7 Å². The van der Waals surface area contributed by atoms with Crippen molar-refractivity contribution in [1.82, 2.24) is 4.31 Å². The summed E-state index contributed by atoms with van der Waals surface area (Å²) in [6, 6.07) is 1.16. The van der Waals surface area contributed by atoms with E-state index in [0.717, 1.165) is 49.5 Å². The van der Waals surface area contributed by atoms with Gasteiger partial charge in [0.2, 0.25) is 0 Å². The maximum Gasteiger partial charge on any atom is 0.304 e. The smallest absolute Gasteiger partial charge is 0.304 e. The Balaban J connectivity index is 2.31. The van der Waals surface area contributed by atoms with Crippen molar-refractivity contribution in [2.45, 2.75) is 36.3 Å². The third-order valence-corrected chi connectivity index (χ3v) is 7.01. The minimum absolute atomic E-state index is 0.0409. The summed E-state index contributed by atoms with van der Waals surface area (Å²) >= 11 is 0.918. The van der Waals surface area contributed by atoms with Crippen LogP contribution in [0.1, 0.15) is 32.1 Å². The summed E-state index contributed by atoms with van der Waals surface area (Å²) in [6.45, 7) is 0.978. The molecule has 1 aromatic rings. The number of rotatable bonds is 4. The van der Waals surface area contributed by atoms with Crippen molar-refractivity contribution >= 4 is 32.0 Å². The second-order valence-corrected chi connectivity index (χ2v) is 8.18. The van der Waals surface area contributed by atoms with Gasteiger partial charge in [-0.2, -0.15) is 4.31 Å². The molecular formula is C12H19N3O4S2. The van der Waals surface area contributed by atoms with Crippen LogP contribution in [-0.4, -0.2) is 37.8 Å². The number of nitrogens with zero attached hydrogens (tertiary/aromatic N) is 2. The van der Waals surface area contributed by atoms with Crippen LogP contribution in [0.2, 0.25) is 0 Å². The molecule has 0 amide bonds. The second kappa shape index (κ2) is 6.71. The Bertz CT molecular complexity index is 604. The molecule has 0 saturated carbocycles. The molecule has 7 nitrogen and oxygen atoms in total. The molecule has 118 valence electrons. The van der Waals surface area contributed by atoms with Crippen LogP contribution in [0.25, 0.3) is 0 Å². The van der Waals surface area contributed by atoms with E-state index in [-0.39, 0.29) is 14.9 Å². The first-order valence-corrected chi connectivity index (χ1v) is 9.18. The highest BCUT2D eigenvalue weighted by molar-refractivity contribution is 7.91. The minimum atomic E-state index is -3.64. The average molecular weight is 333 g/mol. The zero-order valence-corrected chi connectivity index (χ0v) is 13.5. The lowest BCUT2D eigenvalue weighted by atomic mass is 10.1. The highest BCUT2D eigenvalue weighted by Crippen LogP contribution is 2.38. The van der Waals surface area contributed by atoms with Crippen LogP contribution >= 0.6 is 11.3 Å². The lowest BCUT2D eigenvalue weighted by Gasteiger charge is -2.23. The van der Waals surface area contributed by atoms with Gasteiger partial charge in [-0.05, 0) is 12.8 Å². The summed E-state index contributed by atoms with van der Waals surface area (Å²) in [4.78, 5) is 10.4. The van der Waals surface area contributed by atoms with E-state index >= 15 is 0 Å². The van der Waals surface area contributed by atoms with Crippen molar-refractivity contribution in [3.05, 3.63) is 16.2 Å². The van der Waals surface area contributed by atoms with Gasteiger partial charge in [0.25, 0.3) is 10.0 Å². The normalized spacial score (nSPS) is 18.0. The number of hydrogen-bond donors (Lipinski definition) is 1. The Kier molecular flexibility index (Phi) is 5.17. The van der Waals surface area contributed by atoms with E-state index in [9.17, 15) is 18.5 Å². The predicted molar refractivity (Wildman–Crippen MR) is 82.4 cm³/mol. The van der Waals surface area contributed by atoms with Crippen molar-refractivity contribution in [3.63, 3.8) is 0 Å². The van der Waals surface area contributed by atoms with Gasteiger partial charge < -0.3 is 5.32 Å². The van der Waals surface area contributed by atoms with Gasteiger partial charge >= 0.3 is 5.69 Å². The Morgan fingerprint density at radius 1 is 1.24 bits per heavy atom. The van der Waals surface area contributed by atoms with Gasteiger partial charge in [0, 0.05) is 26.2 Å². The highest BCUT2D eigenvalue weighted by atomic mass is 32.2. The number of sulfonamides is 1. The molecule has 1 aromatic heterocycles. The van der Waals surface area contributed by atoms with Crippen molar-refractivity contribution < 1.29 is 13.3 Å². The van der Waals surface area contributed by atoms with Crippen molar-refractivity contribution in [1.29, 1.82) is 0 Å². The topological polar surface area (TPSA) is 92.6 Å². The van der Waals surface area contributed by atoms with Crippen molar-refractivity contribution in [2.75, 3.05) is 25.5 Å². The molecule has 1 N–H and O–H groups in total. The summed E-state index contributed by atoms with van der Waals surface area (Å²) in [6.07, 6.45) is 4.87. The van der Waals surface area contributed by atoms with Crippen LogP contribution in [0, 0.1) is 10.1 Å². The van der Waals surface area contributed by atoms with Crippen molar-refractivity contribution in [3.8, 4) is 0 Å². The summed E-state index contributed by atoms with van der Waals surface area (Å²) < 4.78 is 26.8. The Morgan fingerprint density at radius 3 is 2.29 bits per heavy atom. The number of nitro groups is 1. The first kappa shape index (κ1) is 16.2. The van der Waals surface area contributed by atoms with Gasteiger partial charge in [-0.1, -0.05) is 30.6 Å². The Hall–Kier alpha value is -1.19. The molecule has 1 aliphatic heterocycles. The van der Waals surface area contributed by atoms with E-state index < -0.39 is 14.9 Å². The monoisotopic (exact) mass is 333 g/mol. The maximum atomic E-state index is 12.6. The SMILES string of the molecule is CNc1sc(S(=O)(=O)N2CCCCCCC2)cc1[N+](=O)[O-]. The van der Waals surface area contributed by atoms with Gasteiger partial charge in [-0.3, -0.25) is 10.1 Å². The van der Waals surface area contributed by atoms with Crippen LogP contribution in [0.5, 0.6) is 0 Å². The summed E-state index contributed by atoms with van der Waals surface area (Å²) in [5.41, 5.74) is -0.187. The van der Waals surface area contributed by atoms with Gasteiger partial charge in [-0.25, -0.2) is 8.42 Å². The fraction of sp³-hybridized carbons (Fsp3) is 0.667. The molecule has 2 rings (SSSR count). The fourth-order valence-corrected chi connectivity index (χ4v) is 5.34. The summed E-state index contributed by atoms with van der Waals surface area (Å²) in [7, 11) is -2.09. The fourth-order valence-electron chi connectivity index (χ4n) is 2.39.